The Morgan fingerprint density at radius 3 is 2.83 bits per heavy atom. The number of nitrogens with zero attached hydrogens (tertiary/aromatic N) is 1. The third kappa shape index (κ3) is 2.93. The second-order valence-electron chi connectivity index (χ2n) is 4.83. The summed E-state index contributed by atoms with van der Waals surface area (Å²) in [5, 5.41) is 12.4. The summed E-state index contributed by atoms with van der Waals surface area (Å²) >= 11 is 5.78. The molecule has 1 aliphatic rings. The second kappa shape index (κ2) is 5.57. The van der Waals surface area contributed by atoms with Crippen LogP contribution in [0.1, 0.15) is 43.0 Å². The van der Waals surface area contributed by atoms with E-state index in [1.165, 1.54) is 37.9 Å². The molecule has 0 aromatic carbocycles. The fourth-order valence-electron chi connectivity index (χ4n) is 2.49. The van der Waals surface area contributed by atoms with Crippen molar-refractivity contribution in [2.24, 2.45) is 5.92 Å². The molecule has 18 heavy (non-hydrogen) atoms. The van der Waals surface area contributed by atoms with E-state index in [0.717, 1.165) is 0 Å². The molecule has 0 amide bonds. The van der Waals surface area contributed by atoms with E-state index in [-0.39, 0.29) is 10.6 Å². The number of carbonyl (C=O) groups is 1. The van der Waals surface area contributed by atoms with Gasteiger partial charge in [0.2, 0.25) is 0 Å². The molecule has 98 valence electrons. The summed E-state index contributed by atoms with van der Waals surface area (Å²) in [4.78, 5) is 15.1. The van der Waals surface area contributed by atoms with Gasteiger partial charge in [-0.15, -0.1) is 0 Å². The smallest absolute Gasteiger partial charge is 0.337 e. The Hall–Kier alpha value is -1.29. The highest BCUT2D eigenvalue weighted by atomic mass is 35.5. The normalized spacial score (nSPS) is 17.7. The second-order valence-corrected chi connectivity index (χ2v) is 5.24. The fraction of sp³-hybridized carbons (Fsp3) is 0.538. The van der Waals surface area contributed by atoms with Gasteiger partial charge in [0.15, 0.2) is 0 Å². The predicted octanol–water partition coefficient (Wildman–Crippen LogP) is 3.42. The summed E-state index contributed by atoms with van der Waals surface area (Å²) in [6.45, 7) is 2.12. The van der Waals surface area contributed by atoms with Crippen molar-refractivity contribution in [1.82, 2.24) is 4.98 Å². The molecule has 0 bridgehead atoms. The Morgan fingerprint density at radius 1 is 1.56 bits per heavy atom. The maximum Gasteiger partial charge on any atom is 0.337 e. The number of anilines is 1. The predicted molar refractivity (Wildman–Crippen MR) is 71.2 cm³/mol. The summed E-state index contributed by atoms with van der Waals surface area (Å²) in [6.07, 6.45) is 6.41. The molecule has 0 radical (unpaired) electrons. The number of aromatic carboxylic acids is 1. The van der Waals surface area contributed by atoms with Crippen molar-refractivity contribution in [3.8, 4) is 0 Å². The van der Waals surface area contributed by atoms with Crippen LogP contribution in [0.5, 0.6) is 0 Å². The van der Waals surface area contributed by atoms with E-state index in [9.17, 15) is 4.79 Å². The van der Waals surface area contributed by atoms with E-state index >= 15 is 0 Å². The Labute approximate surface area is 111 Å². The van der Waals surface area contributed by atoms with Gasteiger partial charge in [-0.1, -0.05) is 24.4 Å². The lowest BCUT2D eigenvalue weighted by Gasteiger charge is -2.21. The van der Waals surface area contributed by atoms with Crippen molar-refractivity contribution >= 4 is 23.4 Å². The molecule has 2 N–H and O–H groups in total. The molecule has 1 heterocycles. The maximum absolute atomic E-state index is 11.0. The number of pyridine rings is 1. The van der Waals surface area contributed by atoms with Crippen molar-refractivity contribution < 1.29 is 9.90 Å². The van der Waals surface area contributed by atoms with Gasteiger partial charge < -0.3 is 10.4 Å². The standard InChI is InChI=1S/C13H17ClN2O2/c1-8(9-4-2-3-5-9)16-12-6-10(13(17)18)11(14)7-15-12/h6-9H,2-5H2,1H3,(H,15,16)(H,17,18). The minimum atomic E-state index is -1.03. The molecule has 0 saturated heterocycles. The first-order valence-corrected chi connectivity index (χ1v) is 6.61. The number of hydrogen-bond donors (Lipinski definition) is 2. The van der Waals surface area contributed by atoms with Crippen molar-refractivity contribution in [1.29, 1.82) is 0 Å². The van der Waals surface area contributed by atoms with Gasteiger partial charge in [-0.05, 0) is 31.7 Å². The van der Waals surface area contributed by atoms with Crippen LogP contribution in [0.4, 0.5) is 5.82 Å². The van der Waals surface area contributed by atoms with Gasteiger partial charge in [0, 0.05) is 12.2 Å². The summed E-state index contributed by atoms with van der Waals surface area (Å²) in [7, 11) is 0. The molecule has 1 aliphatic carbocycles. The number of aromatic nitrogens is 1. The van der Waals surface area contributed by atoms with Crippen molar-refractivity contribution in [3.63, 3.8) is 0 Å². The van der Waals surface area contributed by atoms with E-state index in [1.807, 2.05) is 0 Å². The monoisotopic (exact) mass is 268 g/mol. The number of halogens is 1. The molecule has 1 saturated carbocycles. The molecule has 0 aliphatic heterocycles. The third-order valence-corrected chi connectivity index (χ3v) is 3.87. The van der Waals surface area contributed by atoms with Crippen LogP contribution in [-0.4, -0.2) is 22.1 Å². The summed E-state index contributed by atoms with van der Waals surface area (Å²) in [5.74, 6) is 0.200. The average molecular weight is 269 g/mol. The fourth-order valence-corrected chi connectivity index (χ4v) is 2.67. The molecule has 0 spiro atoms. The van der Waals surface area contributed by atoms with Crippen molar-refractivity contribution in [2.75, 3.05) is 5.32 Å². The van der Waals surface area contributed by atoms with Crippen molar-refractivity contribution in [3.05, 3.63) is 22.8 Å². The van der Waals surface area contributed by atoms with Crippen LogP contribution >= 0.6 is 11.6 Å². The molecule has 1 atom stereocenters. The lowest BCUT2D eigenvalue weighted by molar-refractivity contribution is 0.0697. The number of carboxylic acid groups (broad SMARTS) is 1. The molecule has 1 fully saturated rings. The van der Waals surface area contributed by atoms with Crippen LogP contribution in [0.3, 0.4) is 0 Å². The zero-order valence-electron chi connectivity index (χ0n) is 10.3. The Balaban J connectivity index is 2.09. The van der Waals surface area contributed by atoms with Gasteiger partial charge in [0.25, 0.3) is 0 Å². The first-order chi connectivity index (χ1) is 8.58. The van der Waals surface area contributed by atoms with Crippen LogP contribution in [0, 0.1) is 5.92 Å². The molecule has 1 aromatic heterocycles. The molecule has 1 unspecified atom stereocenters. The highest BCUT2D eigenvalue weighted by Crippen LogP contribution is 2.29. The highest BCUT2D eigenvalue weighted by molar-refractivity contribution is 6.33. The van der Waals surface area contributed by atoms with Gasteiger partial charge in [0.05, 0.1) is 10.6 Å². The Bertz CT molecular complexity index is 445. The Morgan fingerprint density at radius 2 is 2.22 bits per heavy atom. The number of carboxylic acids is 1. The average Bonchev–Trinajstić information content (AvgIpc) is 2.85. The minimum Gasteiger partial charge on any atom is -0.478 e. The Kier molecular flexibility index (Phi) is 4.07. The molecular weight excluding hydrogens is 252 g/mol. The van der Waals surface area contributed by atoms with Crippen LogP contribution in [0.2, 0.25) is 5.02 Å². The van der Waals surface area contributed by atoms with Crippen LogP contribution < -0.4 is 5.32 Å². The van der Waals surface area contributed by atoms with E-state index in [0.29, 0.717) is 17.8 Å². The van der Waals surface area contributed by atoms with Gasteiger partial charge in [-0.3, -0.25) is 0 Å². The maximum atomic E-state index is 11.0. The zero-order valence-corrected chi connectivity index (χ0v) is 11.1. The van der Waals surface area contributed by atoms with Crippen LogP contribution in [0.15, 0.2) is 12.3 Å². The minimum absolute atomic E-state index is 0.0905. The lowest BCUT2D eigenvalue weighted by atomic mass is 10.00. The number of rotatable bonds is 4. The molecule has 2 rings (SSSR count). The van der Waals surface area contributed by atoms with Crippen molar-refractivity contribution in [2.45, 2.75) is 38.6 Å². The van der Waals surface area contributed by atoms with Gasteiger partial charge in [0.1, 0.15) is 5.82 Å². The van der Waals surface area contributed by atoms with E-state index in [1.54, 1.807) is 0 Å². The highest BCUT2D eigenvalue weighted by Gasteiger charge is 2.22. The molecular formula is C13H17ClN2O2. The third-order valence-electron chi connectivity index (χ3n) is 3.57. The van der Waals surface area contributed by atoms with Gasteiger partial charge in [-0.25, -0.2) is 9.78 Å². The topological polar surface area (TPSA) is 62.2 Å². The number of hydrogen-bond acceptors (Lipinski definition) is 3. The number of nitrogens with one attached hydrogen (secondary N) is 1. The van der Waals surface area contributed by atoms with Crippen LogP contribution in [0.25, 0.3) is 0 Å². The zero-order chi connectivity index (χ0) is 13.1. The van der Waals surface area contributed by atoms with E-state index in [2.05, 4.69) is 17.2 Å². The summed E-state index contributed by atoms with van der Waals surface area (Å²) in [5.41, 5.74) is 0.0905. The van der Waals surface area contributed by atoms with E-state index < -0.39 is 5.97 Å². The van der Waals surface area contributed by atoms with E-state index in [4.69, 9.17) is 16.7 Å². The molecule has 4 nitrogen and oxygen atoms in total. The quantitative estimate of drug-likeness (QED) is 0.878. The lowest BCUT2D eigenvalue weighted by Crippen LogP contribution is -2.24. The SMILES string of the molecule is CC(Nc1cc(C(=O)O)c(Cl)cn1)C1CCCC1. The first kappa shape index (κ1) is 13.1. The molecule has 1 aromatic rings. The van der Waals surface area contributed by atoms with Gasteiger partial charge >= 0.3 is 5.97 Å². The largest absolute Gasteiger partial charge is 0.478 e. The summed E-state index contributed by atoms with van der Waals surface area (Å²) < 4.78 is 0. The molecule has 5 heteroatoms. The van der Waals surface area contributed by atoms with Gasteiger partial charge in [-0.2, -0.15) is 0 Å². The van der Waals surface area contributed by atoms with Crippen LogP contribution in [-0.2, 0) is 0 Å². The first-order valence-electron chi connectivity index (χ1n) is 6.23. The summed E-state index contributed by atoms with van der Waals surface area (Å²) in [6, 6.07) is 1.80.